The maximum atomic E-state index is 6.18. The number of halogens is 1. The SMILES string of the molecule is COCc1c(Cl)cncc1B1OC(C)(C)C(C)(C)O1. The Balaban J connectivity index is 2.37. The zero-order valence-corrected chi connectivity index (χ0v) is 12.7. The van der Waals surface area contributed by atoms with Crippen LogP contribution in [-0.4, -0.2) is 30.4 Å². The van der Waals surface area contributed by atoms with E-state index in [1.54, 1.807) is 19.5 Å². The molecule has 19 heavy (non-hydrogen) atoms. The summed E-state index contributed by atoms with van der Waals surface area (Å²) in [6.07, 6.45) is 3.33. The number of aromatic nitrogens is 1. The van der Waals surface area contributed by atoms with Gasteiger partial charge in [0.05, 0.1) is 22.8 Å². The van der Waals surface area contributed by atoms with Gasteiger partial charge >= 0.3 is 7.12 Å². The third kappa shape index (κ3) is 2.65. The van der Waals surface area contributed by atoms with Crippen LogP contribution in [-0.2, 0) is 20.7 Å². The maximum Gasteiger partial charge on any atom is 0.496 e. The van der Waals surface area contributed by atoms with Gasteiger partial charge in [-0.05, 0) is 33.3 Å². The van der Waals surface area contributed by atoms with Crippen LogP contribution in [0.3, 0.4) is 0 Å². The minimum Gasteiger partial charge on any atom is -0.399 e. The summed E-state index contributed by atoms with van der Waals surface area (Å²) in [6, 6.07) is 0. The fraction of sp³-hybridized carbons (Fsp3) is 0.615. The molecule has 0 spiro atoms. The third-order valence-corrected chi connectivity index (χ3v) is 4.16. The molecule has 0 aromatic carbocycles. The Morgan fingerprint density at radius 1 is 1.21 bits per heavy atom. The van der Waals surface area contributed by atoms with Crippen LogP contribution in [0.2, 0.25) is 5.02 Å². The zero-order valence-electron chi connectivity index (χ0n) is 12.0. The van der Waals surface area contributed by atoms with Crippen molar-refractivity contribution in [3.8, 4) is 0 Å². The van der Waals surface area contributed by atoms with Gasteiger partial charge in [-0.3, -0.25) is 4.98 Å². The standard InChI is InChI=1S/C13H19BClNO3/c1-12(2)13(3,4)19-14(18-12)10-6-16-7-11(15)9(10)8-17-5/h6-7H,8H2,1-5H3. The highest BCUT2D eigenvalue weighted by atomic mass is 35.5. The van der Waals surface area contributed by atoms with Crippen LogP contribution < -0.4 is 5.46 Å². The van der Waals surface area contributed by atoms with Crippen molar-refractivity contribution in [2.24, 2.45) is 0 Å². The number of hydrogen-bond donors (Lipinski definition) is 0. The molecular formula is C13H19BClNO3. The van der Waals surface area contributed by atoms with Crippen LogP contribution >= 0.6 is 11.6 Å². The monoisotopic (exact) mass is 283 g/mol. The van der Waals surface area contributed by atoms with E-state index in [9.17, 15) is 0 Å². The highest BCUT2D eigenvalue weighted by Gasteiger charge is 2.52. The van der Waals surface area contributed by atoms with Gasteiger partial charge in [0, 0.05) is 25.0 Å². The molecule has 0 saturated carbocycles. The van der Waals surface area contributed by atoms with Crippen molar-refractivity contribution < 1.29 is 14.0 Å². The predicted molar refractivity (Wildman–Crippen MR) is 75.7 cm³/mol. The highest BCUT2D eigenvalue weighted by Crippen LogP contribution is 2.36. The van der Waals surface area contributed by atoms with Crippen LogP contribution in [0.1, 0.15) is 33.3 Å². The largest absolute Gasteiger partial charge is 0.496 e. The average Bonchev–Trinajstić information content (AvgIpc) is 2.51. The molecule has 2 heterocycles. The molecule has 0 amide bonds. The van der Waals surface area contributed by atoms with Gasteiger partial charge in [-0.25, -0.2) is 0 Å². The van der Waals surface area contributed by atoms with Crippen molar-refractivity contribution in [3.05, 3.63) is 23.0 Å². The van der Waals surface area contributed by atoms with E-state index in [1.165, 1.54) is 0 Å². The molecular weight excluding hydrogens is 264 g/mol. The Labute approximate surface area is 119 Å². The molecule has 1 aliphatic heterocycles. The Morgan fingerprint density at radius 3 is 2.32 bits per heavy atom. The molecule has 0 bridgehead atoms. The Bertz CT molecular complexity index is 463. The normalized spacial score (nSPS) is 20.8. The molecule has 2 rings (SSSR count). The van der Waals surface area contributed by atoms with Crippen molar-refractivity contribution in [2.45, 2.75) is 45.5 Å². The minimum atomic E-state index is -0.471. The van der Waals surface area contributed by atoms with E-state index >= 15 is 0 Å². The minimum absolute atomic E-state index is 0.385. The number of ether oxygens (including phenoxy) is 1. The summed E-state index contributed by atoms with van der Waals surface area (Å²) in [6.45, 7) is 8.46. The molecule has 6 heteroatoms. The molecule has 0 N–H and O–H groups in total. The van der Waals surface area contributed by atoms with Crippen molar-refractivity contribution >= 4 is 24.2 Å². The van der Waals surface area contributed by atoms with E-state index in [0.717, 1.165) is 11.0 Å². The molecule has 0 atom stereocenters. The Hall–Kier alpha value is -0.615. The molecule has 0 aliphatic carbocycles. The molecule has 1 aliphatic rings. The fourth-order valence-corrected chi connectivity index (χ4v) is 2.17. The molecule has 0 unspecified atom stereocenters. The molecule has 1 saturated heterocycles. The first-order valence-corrected chi connectivity index (χ1v) is 6.63. The summed E-state index contributed by atoms with van der Waals surface area (Å²) in [5, 5.41) is 0.564. The number of nitrogens with zero attached hydrogens (tertiary/aromatic N) is 1. The first-order chi connectivity index (χ1) is 8.78. The average molecular weight is 284 g/mol. The number of rotatable bonds is 3. The lowest BCUT2D eigenvalue weighted by Crippen LogP contribution is -2.41. The van der Waals surface area contributed by atoms with Gasteiger partial charge in [-0.1, -0.05) is 11.6 Å². The topological polar surface area (TPSA) is 40.6 Å². The van der Waals surface area contributed by atoms with Gasteiger partial charge in [0.15, 0.2) is 0 Å². The van der Waals surface area contributed by atoms with E-state index < -0.39 is 7.12 Å². The molecule has 1 fully saturated rings. The summed E-state index contributed by atoms with van der Waals surface area (Å²) in [5.41, 5.74) is 0.917. The third-order valence-electron chi connectivity index (χ3n) is 3.83. The summed E-state index contributed by atoms with van der Waals surface area (Å²) >= 11 is 6.18. The number of methoxy groups -OCH3 is 1. The van der Waals surface area contributed by atoms with E-state index in [2.05, 4.69) is 4.98 Å². The smallest absolute Gasteiger partial charge is 0.399 e. The predicted octanol–water partition coefficient (Wildman–Crippen LogP) is 2.18. The summed E-state index contributed by atoms with van der Waals surface area (Å²) in [4.78, 5) is 4.12. The summed E-state index contributed by atoms with van der Waals surface area (Å²) in [7, 11) is 1.16. The lowest BCUT2D eigenvalue weighted by molar-refractivity contribution is 0.00578. The van der Waals surface area contributed by atoms with Gasteiger partial charge in [0.2, 0.25) is 0 Å². The first-order valence-electron chi connectivity index (χ1n) is 6.25. The number of hydrogen-bond acceptors (Lipinski definition) is 4. The lowest BCUT2D eigenvalue weighted by atomic mass is 9.77. The molecule has 0 radical (unpaired) electrons. The Kier molecular flexibility index (Phi) is 3.93. The van der Waals surface area contributed by atoms with E-state index in [0.29, 0.717) is 11.6 Å². The van der Waals surface area contributed by atoms with Crippen LogP contribution in [0.5, 0.6) is 0 Å². The molecule has 1 aromatic heterocycles. The van der Waals surface area contributed by atoms with Gasteiger partial charge in [-0.15, -0.1) is 0 Å². The second-order valence-electron chi connectivity index (χ2n) is 5.71. The van der Waals surface area contributed by atoms with E-state index in [-0.39, 0.29) is 11.2 Å². The Morgan fingerprint density at radius 2 is 1.79 bits per heavy atom. The second kappa shape index (κ2) is 5.06. The molecule has 1 aromatic rings. The highest BCUT2D eigenvalue weighted by molar-refractivity contribution is 6.63. The molecule has 104 valence electrons. The summed E-state index contributed by atoms with van der Waals surface area (Å²) in [5.74, 6) is 0. The van der Waals surface area contributed by atoms with Crippen molar-refractivity contribution in [3.63, 3.8) is 0 Å². The van der Waals surface area contributed by atoms with Crippen LogP contribution in [0.4, 0.5) is 0 Å². The van der Waals surface area contributed by atoms with Gasteiger partial charge in [0.25, 0.3) is 0 Å². The van der Waals surface area contributed by atoms with Crippen LogP contribution in [0.25, 0.3) is 0 Å². The van der Waals surface area contributed by atoms with Gasteiger partial charge in [-0.2, -0.15) is 0 Å². The van der Waals surface area contributed by atoms with E-state index in [4.69, 9.17) is 25.6 Å². The quantitative estimate of drug-likeness (QED) is 0.797. The van der Waals surface area contributed by atoms with Crippen molar-refractivity contribution in [1.82, 2.24) is 4.98 Å². The fourth-order valence-electron chi connectivity index (χ4n) is 1.95. The van der Waals surface area contributed by atoms with E-state index in [1.807, 2.05) is 27.7 Å². The lowest BCUT2D eigenvalue weighted by Gasteiger charge is -2.32. The molecule has 4 nitrogen and oxygen atoms in total. The van der Waals surface area contributed by atoms with Crippen LogP contribution in [0, 0.1) is 0 Å². The van der Waals surface area contributed by atoms with Crippen molar-refractivity contribution in [1.29, 1.82) is 0 Å². The number of pyridine rings is 1. The van der Waals surface area contributed by atoms with Crippen LogP contribution in [0.15, 0.2) is 12.4 Å². The maximum absolute atomic E-state index is 6.18. The van der Waals surface area contributed by atoms with Gasteiger partial charge < -0.3 is 14.0 Å². The first kappa shape index (κ1) is 14.8. The second-order valence-corrected chi connectivity index (χ2v) is 6.12. The zero-order chi connectivity index (χ0) is 14.3. The van der Waals surface area contributed by atoms with Gasteiger partial charge in [0.1, 0.15) is 0 Å². The van der Waals surface area contributed by atoms with Crippen molar-refractivity contribution in [2.75, 3.05) is 7.11 Å². The summed E-state index contributed by atoms with van der Waals surface area (Å²) < 4.78 is 17.2.